The van der Waals surface area contributed by atoms with Crippen molar-refractivity contribution in [1.82, 2.24) is 0 Å². The van der Waals surface area contributed by atoms with E-state index in [9.17, 15) is 0 Å². The van der Waals surface area contributed by atoms with Crippen molar-refractivity contribution in [3.63, 3.8) is 0 Å². The van der Waals surface area contributed by atoms with Crippen molar-refractivity contribution in [3.8, 4) is 0 Å². The molecule has 0 amide bonds. The molecule has 4 aliphatic rings. The van der Waals surface area contributed by atoms with E-state index in [2.05, 4.69) is 151 Å². The Balaban J connectivity index is 1.30. The topological polar surface area (TPSA) is 0 Å². The van der Waals surface area contributed by atoms with Crippen LogP contribution in [0, 0.1) is 0 Å². The maximum atomic E-state index is 4.05. The molecule has 2 aromatic rings. The number of hydrogen-bond acceptors (Lipinski definition) is 0. The Kier molecular flexibility index (Phi) is 5.72. The molecule has 0 saturated carbocycles. The first-order chi connectivity index (χ1) is 17.9. The molecule has 2 radical (unpaired) electrons. The van der Waals surface area contributed by atoms with Gasteiger partial charge in [0.1, 0.15) is 0 Å². The summed E-state index contributed by atoms with van der Waals surface area (Å²) in [5.74, 6) is 0. The number of benzene rings is 2. The van der Waals surface area contributed by atoms with Gasteiger partial charge in [-0.1, -0.05) is 144 Å². The normalized spacial score (nSPS) is 25.6. The summed E-state index contributed by atoms with van der Waals surface area (Å²) in [5.41, 5.74) is 12.4. The van der Waals surface area contributed by atoms with Crippen molar-refractivity contribution in [3.05, 3.63) is 166 Å². The fourth-order valence-corrected chi connectivity index (χ4v) is 5.82. The highest BCUT2D eigenvalue weighted by Crippen LogP contribution is 2.40. The molecular formula is C35H30B2. The molecule has 0 fully saturated rings. The molecule has 0 N–H and O–H groups in total. The van der Waals surface area contributed by atoms with Crippen molar-refractivity contribution < 1.29 is 0 Å². The second kappa shape index (κ2) is 8.96. The lowest BCUT2D eigenvalue weighted by Gasteiger charge is -2.23. The van der Waals surface area contributed by atoms with Crippen LogP contribution in [0.5, 0.6) is 0 Å². The molecular weight excluding hydrogens is 442 g/mol. The van der Waals surface area contributed by atoms with Crippen LogP contribution in [0.25, 0.3) is 5.57 Å². The van der Waals surface area contributed by atoms with E-state index >= 15 is 0 Å². The molecule has 0 nitrogen and oxygen atoms in total. The Morgan fingerprint density at radius 3 is 1.97 bits per heavy atom. The number of hydrogen-bond donors (Lipinski definition) is 0. The van der Waals surface area contributed by atoms with Crippen molar-refractivity contribution >= 4 is 25.6 Å². The van der Waals surface area contributed by atoms with E-state index in [-0.39, 0.29) is 10.8 Å². The van der Waals surface area contributed by atoms with Crippen LogP contribution in [0.15, 0.2) is 150 Å². The number of fused-ring (bicyclic) bond motifs is 2. The van der Waals surface area contributed by atoms with Crippen molar-refractivity contribution in [2.75, 3.05) is 0 Å². The SMILES string of the molecule is C=CC1=C(/C=C\C)[B]c2cc(C3(C)C=CC4=C(C=C3)C3=C([B]4)C=CC(C)(c4ccccc4)C=C3)ccc21. The minimum Gasteiger partial charge on any atom is -0.0985 e. The largest absolute Gasteiger partial charge is 0.193 e. The summed E-state index contributed by atoms with van der Waals surface area (Å²) in [7, 11) is 4.60. The van der Waals surface area contributed by atoms with E-state index in [4.69, 9.17) is 0 Å². The van der Waals surface area contributed by atoms with Gasteiger partial charge in [0.05, 0.1) is 0 Å². The molecule has 176 valence electrons. The monoisotopic (exact) mass is 472 g/mol. The first-order valence-electron chi connectivity index (χ1n) is 13.1. The number of allylic oxidation sites excluding steroid dienone is 17. The third kappa shape index (κ3) is 3.96. The van der Waals surface area contributed by atoms with Crippen LogP contribution in [0.1, 0.15) is 37.5 Å². The van der Waals surface area contributed by atoms with Gasteiger partial charge in [0.25, 0.3) is 0 Å². The summed E-state index contributed by atoms with van der Waals surface area (Å²) < 4.78 is 0. The lowest BCUT2D eigenvalue weighted by atomic mass is 9.64. The summed E-state index contributed by atoms with van der Waals surface area (Å²) in [6.07, 6.45) is 24.8. The first-order valence-corrected chi connectivity index (χ1v) is 13.1. The van der Waals surface area contributed by atoms with Crippen LogP contribution >= 0.6 is 0 Å². The molecule has 2 heteroatoms. The van der Waals surface area contributed by atoms with Gasteiger partial charge in [-0.3, -0.25) is 0 Å². The predicted molar refractivity (Wildman–Crippen MR) is 161 cm³/mol. The fraction of sp³-hybridized carbons (Fsp3) is 0.143. The van der Waals surface area contributed by atoms with Gasteiger partial charge >= 0.3 is 0 Å². The Hall–Kier alpha value is -3.77. The summed E-state index contributed by atoms with van der Waals surface area (Å²) in [6.45, 7) is 10.7. The highest BCUT2D eigenvalue weighted by Gasteiger charge is 2.30. The highest BCUT2D eigenvalue weighted by molar-refractivity contribution is 6.67. The highest BCUT2D eigenvalue weighted by atomic mass is 14.3. The van der Waals surface area contributed by atoms with Gasteiger partial charge in [0.15, 0.2) is 14.6 Å². The van der Waals surface area contributed by atoms with E-state index in [1.165, 1.54) is 55.3 Å². The third-order valence-electron chi connectivity index (χ3n) is 8.17. The van der Waals surface area contributed by atoms with Crippen LogP contribution in [0.4, 0.5) is 0 Å². The molecule has 37 heavy (non-hydrogen) atoms. The van der Waals surface area contributed by atoms with Crippen molar-refractivity contribution in [1.29, 1.82) is 0 Å². The zero-order valence-corrected chi connectivity index (χ0v) is 21.8. The van der Waals surface area contributed by atoms with E-state index in [0.717, 1.165) is 0 Å². The summed E-state index contributed by atoms with van der Waals surface area (Å²) in [5, 5.41) is 0. The van der Waals surface area contributed by atoms with Crippen molar-refractivity contribution in [2.45, 2.75) is 31.6 Å². The van der Waals surface area contributed by atoms with E-state index in [1.807, 2.05) is 6.08 Å². The van der Waals surface area contributed by atoms with Gasteiger partial charge in [-0.15, -0.1) is 0 Å². The van der Waals surface area contributed by atoms with Crippen LogP contribution in [0.2, 0.25) is 0 Å². The van der Waals surface area contributed by atoms with Gasteiger partial charge in [-0.25, -0.2) is 0 Å². The molecule has 0 aromatic heterocycles. The van der Waals surface area contributed by atoms with E-state index in [1.54, 1.807) is 0 Å². The molecule has 0 saturated heterocycles. The molecule has 2 unspecified atom stereocenters. The third-order valence-corrected chi connectivity index (χ3v) is 8.17. The Morgan fingerprint density at radius 1 is 0.730 bits per heavy atom. The van der Waals surface area contributed by atoms with Crippen LogP contribution in [-0.2, 0) is 10.8 Å². The molecule has 2 aromatic carbocycles. The van der Waals surface area contributed by atoms with E-state index < -0.39 is 0 Å². The predicted octanol–water partition coefficient (Wildman–Crippen LogP) is 7.20. The van der Waals surface area contributed by atoms with Crippen LogP contribution < -0.4 is 5.46 Å². The molecule has 0 spiro atoms. The Bertz CT molecular complexity index is 1550. The minimum atomic E-state index is -0.192. The summed E-state index contributed by atoms with van der Waals surface area (Å²) in [6, 6.07) is 17.6. The second-order valence-electron chi connectivity index (χ2n) is 10.7. The van der Waals surface area contributed by atoms with Gasteiger partial charge in [0.2, 0.25) is 0 Å². The first kappa shape index (κ1) is 23.6. The summed E-state index contributed by atoms with van der Waals surface area (Å²) >= 11 is 0. The Morgan fingerprint density at radius 2 is 1.35 bits per heavy atom. The quantitative estimate of drug-likeness (QED) is 0.413. The maximum Gasteiger partial charge on any atom is 0.193 e. The molecule has 2 aliphatic heterocycles. The molecule has 0 bridgehead atoms. The van der Waals surface area contributed by atoms with Gasteiger partial charge in [-0.2, -0.15) is 0 Å². The fourth-order valence-electron chi connectivity index (χ4n) is 5.82. The number of rotatable bonds is 4. The molecule has 2 aliphatic carbocycles. The smallest absolute Gasteiger partial charge is 0.0985 e. The zero-order chi connectivity index (χ0) is 25.6. The van der Waals surface area contributed by atoms with Crippen LogP contribution in [0.3, 0.4) is 0 Å². The summed E-state index contributed by atoms with van der Waals surface area (Å²) in [4.78, 5) is 0. The lowest BCUT2D eigenvalue weighted by Crippen LogP contribution is -2.21. The van der Waals surface area contributed by atoms with Gasteiger partial charge in [0, 0.05) is 10.8 Å². The molecule has 2 heterocycles. The van der Waals surface area contributed by atoms with Gasteiger partial charge < -0.3 is 0 Å². The lowest BCUT2D eigenvalue weighted by molar-refractivity contribution is 0.758. The minimum absolute atomic E-state index is 0.121. The Labute approximate surface area is 223 Å². The van der Waals surface area contributed by atoms with Crippen molar-refractivity contribution in [2.24, 2.45) is 0 Å². The zero-order valence-electron chi connectivity index (χ0n) is 21.8. The van der Waals surface area contributed by atoms with E-state index in [0.29, 0.717) is 0 Å². The molecule has 6 rings (SSSR count). The molecule has 2 atom stereocenters. The second-order valence-corrected chi connectivity index (χ2v) is 10.7. The van der Waals surface area contributed by atoms with Crippen LogP contribution in [-0.4, -0.2) is 14.6 Å². The average molecular weight is 472 g/mol. The average Bonchev–Trinajstić information content (AvgIpc) is 3.32. The standard InChI is InChI=1S/C35H30B2/c1-5-10-30-26(6-2)27-14-13-25(23-33(27)37-30)35(4)20-16-29-28-15-19-34(3,24-11-8-7-9-12-24)21-17-31(28)36-32(29)18-22-35/h5-23H,2H2,1,3-4H3/b10-5-. The maximum absolute atomic E-state index is 4.05. The van der Waals surface area contributed by atoms with Gasteiger partial charge in [-0.05, 0) is 54.2 Å².